The van der Waals surface area contributed by atoms with Gasteiger partial charge in [0.1, 0.15) is 5.82 Å². The van der Waals surface area contributed by atoms with Crippen molar-refractivity contribution in [2.45, 2.75) is 0 Å². The Morgan fingerprint density at radius 3 is 2.63 bits per heavy atom. The van der Waals surface area contributed by atoms with E-state index in [-0.39, 0.29) is 28.7 Å². The average molecular weight is 308 g/mol. The van der Waals surface area contributed by atoms with Gasteiger partial charge in [0, 0.05) is 26.8 Å². The van der Waals surface area contributed by atoms with Crippen molar-refractivity contribution in [1.82, 2.24) is 9.29 Å². The van der Waals surface area contributed by atoms with Crippen LogP contribution in [0.1, 0.15) is 10.4 Å². The number of aromatic nitrogens is 1. The van der Waals surface area contributed by atoms with Crippen LogP contribution >= 0.6 is 11.6 Å². The maximum Gasteiger partial charge on any atom is 0.337 e. The standard InChI is InChI=1S/C10H14ClN3O4S/c1-14(2)19(17,18)4-3-12-9-8(11)5-7(6-13-9)10(15)16/h5-6H,3-4H2,1-2H3,(H,12,13)(H,15,16). The molecule has 0 saturated heterocycles. The summed E-state index contributed by atoms with van der Waals surface area (Å²) in [5.41, 5.74) is -0.0311. The molecule has 0 fully saturated rings. The molecule has 2 N–H and O–H groups in total. The largest absolute Gasteiger partial charge is 0.478 e. The fourth-order valence-electron chi connectivity index (χ4n) is 1.17. The van der Waals surface area contributed by atoms with Gasteiger partial charge < -0.3 is 10.4 Å². The Labute approximate surface area is 116 Å². The molecule has 106 valence electrons. The number of nitrogens with one attached hydrogen (secondary N) is 1. The number of carbonyl (C=O) groups is 1. The first kappa shape index (κ1) is 15.7. The van der Waals surface area contributed by atoms with Crippen molar-refractivity contribution in [2.24, 2.45) is 0 Å². The van der Waals surface area contributed by atoms with E-state index in [1.54, 1.807) is 0 Å². The van der Waals surface area contributed by atoms with E-state index in [2.05, 4.69) is 10.3 Å². The number of anilines is 1. The summed E-state index contributed by atoms with van der Waals surface area (Å²) < 4.78 is 24.1. The highest BCUT2D eigenvalue weighted by atomic mass is 35.5. The number of sulfonamides is 1. The SMILES string of the molecule is CN(C)S(=O)(=O)CCNc1ncc(C(=O)O)cc1Cl. The van der Waals surface area contributed by atoms with E-state index in [0.29, 0.717) is 0 Å². The number of carboxylic acids is 1. The summed E-state index contributed by atoms with van der Waals surface area (Å²) >= 11 is 5.84. The minimum atomic E-state index is -3.30. The smallest absolute Gasteiger partial charge is 0.337 e. The van der Waals surface area contributed by atoms with Crippen molar-refractivity contribution in [3.8, 4) is 0 Å². The predicted molar refractivity (Wildman–Crippen MR) is 72.2 cm³/mol. The summed E-state index contributed by atoms with van der Waals surface area (Å²) in [4.78, 5) is 14.5. The number of aromatic carboxylic acids is 1. The van der Waals surface area contributed by atoms with Crippen LogP contribution in [-0.2, 0) is 10.0 Å². The number of pyridine rings is 1. The summed E-state index contributed by atoms with van der Waals surface area (Å²) in [7, 11) is -0.404. The zero-order chi connectivity index (χ0) is 14.6. The van der Waals surface area contributed by atoms with E-state index in [1.165, 1.54) is 20.2 Å². The van der Waals surface area contributed by atoms with Crippen LogP contribution < -0.4 is 5.32 Å². The lowest BCUT2D eigenvalue weighted by molar-refractivity contribution is 0.0696. The molecule has 9 heteroatoms. The molecule has 0 spiro atoms. The van der Waals surface area contributed by atoms with Gasteiger partial charge in [0.2, 0.25) is 10.0 Å². The summed E-state index contributed by atoms with van der Waals surface area (Å²) in [5.74, 6) is -0.990. The predicted octanol–water partition coefficient (Wildman–Crippen LogP) is 0.737. The van der Waals surface area contributed by atoms with Gasteiger partial charge in [0.15, 0.2) is 0 Å². The molecular weight excluding hydrogens is 294 g/mol. The van der Waals surface area contributed by atoms with Crippen LogP contribution in [0.25, 0.3) is 0 Å². The number of halogens is 1. The highest BCUT2D eigenvalue weighted by molar-refractivity contribution is 7.89. The zero-order valence-electron chi connectivity index (χ0n) is 10.4. The molecule has 1 rings (SSSR count). The molecule has 0 atom stereocenters. The fraction of sp³-hybridized carbons (Fsp3) is 0.400. The second-order valence-electron chi connectivity index (χ2n) is 3.88. The molecule has 1 aromatic heterocycles. The molecule has 0 bridgehead atoms. The van der Waals surface area contributed by atoms with Crippen molar-refractivity contribution >= 4 is 33.4 Å². The van der Waals surface area contributed by atoms with Gasteiger partial charge in [0.05, 0.1) is 16.3 Å². The Morgan fingerprint density at radius 2 is 2.16 bits per heavy atom. The first-order valence-corrected chi connectivity index (χ1v) is 7.25. The molecule has 0 saturated carbocycles. The normalized spacial score (nSPS) is 11.6. The number of nitrogens with zero attached hydrogens (tertiary/aromatic N) is 2. The van der Waals surface area contributed by atoms with E-state index in [4.69, 9.17) is 16.7 Å². The van der Waals surface area contributed by atoms with Crippen LogP contribution in [0.3, 0.4) is 0 Å². The minimum Gasteiger partial charge on any atom is -0.478 e. The zero-order valence-corrected chi connectivity index (χ0v) is 12.0. The maximum absolute atomic E-state index is 11.5. The van der Waals surface area contributed by atoms with E-state index in [1.807, 2.05) is 0 Å². The third-order valence-corrected chi connectivity index (χ3v) is 4.42. The number of hydrogen-bond acceptors (Lipinski definition) is 5. The number of carboxylic acid groups (broad SMARTS) is 1. The molecule has 19 heavy (non-hydrogen) atoms. The molecule has 7 nitrogen and oxygen atoms in total. The summed E-state index contributed by atoms with van der Waals surface area (Å²) in [5, 5.41) is 11.6. The monoisotopic (exact) mass is 307 g/mol. The molecule has 1 aromatic rings. The molecule has 0 aromatic carbocycles. The van der Waals surface area contributed by atoms with Crippen molar-refractivity contribution in [1.29, 1.82) is 0 Å². The molecule has 0 aliphatic rings. The molecule has 0 aliphatic heterocycles. The van der Waals surface area contributed by atoms with Gasteiger partial charge in [-0.25, -0.2) is 22.5 Å². The summed E-state index contributed by atoms with van der Waals surface area (Å²) in [6.07, 6.45) is 1.15. The van der Waals surface area contributed by atoms with Gasteiger partial charge in [-0.3, -0.25) is 0 Å². The second-order valence-corrected chi connectivity index (χ2v) is 6.59. The molecular formula is C10H14ClN3O4S. The van der Waals surface area contributed by atoms with E-state index >= 15 is 0 Å². The Balaban J connectivity index is 2.67. The van der Waals surface area contributed by atoms with Gasteiger partial charge in [-0.05, 0) is 6.07 Å². The van der Waals surface area contributed by atoms with Gasteiger partial charge in [0.25, 0.3) is 0 Å². The lowest BCUT2D eigenvalue weighted by Gasteiger charge is -2.12. The van der Waals surface area contributed by atoms with E-state index in [9.17, 15) is 13.2 Å². The van der Waals surface area contributed by atoms with Crippen LogP contribution in [0, 0.1) is 0 Å². The van der Waals surface area contributed by atoms with E-state index in [0.717, 1.165) is 10.5 Å². The molecule has 0 radical (unpaired) electrons. The van der Waals surface area contributed by atoms with Gasteiger partial charge in [-0.2, -0.15) is 0 Å². The number of rotatable bonds is 6. The minimum absolute atomic E-state index is 0.0311. The summed E-state index contributed by atoms with van der Waals surface area (Å²) in [6, 6.07) is 1.25. The van der Waals surface area contributed by atoms with Crippen LogP contribution in [-0.4, -0.2) is 55.2 Å². The lowest BCUT2D eigenvalue weighted by Crippen LogP contribution is -2.28. The Morgan fingerprint density at radius 1 is 1.53 bits per heavy atom. The van der Waals surface area contributed by atoms with Crippen molar-refractivity contribution in [2.75, 3.05) is 31.7 Å². The molecule has 0 amide bonds. The van der Waals surface area contributed by atoms with Crippen molar-refractivity contribution < 1.29 is 18.3 Å². The third-order valence-electron chi connectivity index (χ3n) is 2.30. The Bertz CT molecular complexity index is 574. The average Bonchev–Trinajstić information content (AvgIpc) is 2.30. The van der Waals surface area contributed by atoms with Crippen molar-refractivity contribution in [3.63, 3.8) is 0 Å². The highest BCUT2D eigenvalue weighted by Crippen LogP contribution is 2.19. The summed E-state index contributed by atoms with van der Waals surface area (Å²) in [6.45, 7) is 0.125. The Hall–Kier alpha value is -1.38. The van der Waals surface area contributed by atoms with E-state index < -0.39 is 16.0 Å². The molecule has 0 aliphatic carbocycles. The molecule has 1 heterocycles. The first-order valence-electron chi connectivity index (χ1n) is 5.27. The Kier molecular flexibility index (Phi) is 5.10. The van der Waals surface area contributed by atoms with Crippen LogP contribution in [0.4, 0.5) is 5.82 Å². The van der Waals surface area contributed by atoms with Crippen LogP contribution in [0.2, 0.25) is 5.02 Å². The van der Waals surface area contributed by atoms with Gasteiger partial charge >= 0.3 is 5.97 Å². The topological polar surface area (TPSA) is 99.6 Å². The van der Waals surface area contributed by atoms with Gasteiger partial charge in [-0.1, -0.05) is 11.6 Å². The third kappa shape index (κ3) is 4.34. The maximum atomic E-state index is 11.5. The lowest BCUT2D eigenvalue weighted by atomic mass is 10.3. The highest BCUT2D eigenvalue weighted by Gasteiger charge is 2.14. The van der Waals surface area contributed by atoms with Crippen molar-refractivity contribution in [3.05, 3.63) is 22.8 Å². The molecule has 0 unspecified atom stereocenters. The number of hydrogen-bond donors (Lipinski definition) is 2. The first-order chi connectivity index (χ1) is 8.74. The van der Waals surface area contributed by atoms with Crippen LogP contribution in [0.5, 0.6) is 0 Å². The quantitative estimate of drug-likeness (QED) is 0.804. The van der Waals surface area contributed by atoms with Gasteiger partial charge in [-0.15, -0.1) is 0 Å². The second kappa shape index (κ2) is 6.18. The fourth-order valence-corrected chi connectivity index (χ4v) is 2.12. The van der Waals surface area contributed by atoms with Crippen LogP contribution in [0.15, 0.2) is 12.3 Å².